The van der Waals surface area contributed by atoms with E-state index < -0.39 is 0 Å². The van der Waals surface area contributed by atoms with Crippen LogP contribution in [0.2, 0.25) is 0 Å². The molecule has 0 bridgehead atoms. The lowest BCUT2D eigenvalue weighted by Crippen LogP contribution is -2.17. The van der Waals surface area contributed by atoms with Crippen LogP contribution in [0.3, 0.4) is 0 Å². The molecule has 0 radical (unpaired) electrons. The molecule has 1 rings (SSSR count). The molecule has 0 aliphatic heterocycles. The zero-order valence-corrected chi connectivity index (χ0v) is 11.8. The molecule has 5 heteroatoms. The van der Waals surface area contributed by atoms with Crippen molar-refractivity contribution < 1.29 is 5.11 Å². The van der Waals surface area contributed by atoms with Gasteiger partial charge in [-0.15, -0.1) is 0 Å². The maximum absolute atomic E-state index is 9.91. The number of rotatable bonds is 8. The van der Waals surface area contributed by atoms with Gasteiger partial charge in [0.05, 0.1) is 6.10 Å². The maximum atomic E-state index is 9.91. The Balaban J connectivity index is 2.41. The molecule has 0 fully saturated rings. The van der Waals surface area contributed by atoms with Crippen molar-refractivity contribution >= 4 is 11.8 Å². The average Bonchev–Trinajstić information content (AvgIpc) is 2.65. The van der Waals surface area contributed by atoms with Gasteiger partial charge in [-0.2, -0.15) is 16.9 Å². The van der Waals surface area contributed by atoms with Crippen molar-refractivity contribution in [2.75, 3.05) is 11.5 Å². The van der Waals surface area contributed by atoms with E-state index in [1.54, 1.807) is 6.33 Å². The van der Waals surface area contributed by atoms with Crippen molar-refractivity contribution in [3.05, 3.63) is 12.2 Å². The number of aliphatic hydroxyl groups excluding tert-OH is 1. The number of thioether (sulfide) groups is 1. The lowest BCUT2D eigenvalue weighted by molar-refractivity contribution is 0.167. The molecule has 17 heavy (non-hydrogen) atoms. The highest BCUT2D eigenvalue weighted by molar-refractivity contribution is 7.99. The van der Waals surface area contributed by atoms with Gasteiger partial charge in [-0.05, 0) is 23.8 Å². The monoisotopic (exact) mass is 257 g/mol. The first kappa shape index (κ1) is 14.5. The van der Waals surface area contributed by atoms with Crippen LogP contribution in [0.15, 0.2) is 6.33 Å². The summed E-state index contributed by atoms with van der Waals surface area (Å²) in [5.74, 6) is 3.56. The van der Waals surface area contributed by atoms with Gasteiger partial charge in [-0.1, -0.05) is 20.8 Å². The Morgan fingerprint density at radius 1 is 1.47 bits per heavy atom. The van der Waals surface area contributed by atoms with E-state index in [1.807, 2.05) is 16.4 Å². The molecule has 0 aliphatic carbocycles. The summed E-state index contributed by atoms with van der Waals surface area (Å²) in [5.41, 5.74) is 0. The van der Waals surface area contributed by atoms with Gasteiger partial charge in [-0.25, -0.2) is 9.67 Å². The first-order valence-corrected chi connectivity index (χ1v) is 7.41. The summed E-state index contributed by atoms with van der Waals surface area (Å²) in [6.07, 6.45) is 2.71. The first-order valence-electron chi connectivity index (χ1n) is 6.26. The van der Waals surface area contributed by atoms with Gasteiger partial charge < -0.3 is 5.11 Å². The van der Waals surface area contributed by atoms with Gasteiger partial charge in [-0.3, -0.25) is 0 Å². The van der Waals surface area contributed by atoms with Crippen LogP contribution in [0.5, 0.6) is 0 Å². The Morgan fingerprint density at radius 2 is 2.24 bits per heavy atom. The van der Waals surface area contributed by atoms with E-state index in [0.717, 1.165) is 30.3 Å². The van der Waals surface area contributed by atoms with Gasteiger partial charge in [0.2, 0.25) is 0 Å². The van der Waals surface area contributed by atoms with Gasteiger partial charge in [0.25, 0.3) is 0 Å². The molecule has 1 heterocycles. The zero-order chi connectivity index (χ0) is 12.7. The van der Waals surface area contributed by atoms with Crippen molar-refractivity contribution in [3.63, 3.8) is 0 Å². The van der Waals surface area contributed by atoms with Crippen LogP contribution < -0.4 is 0 Å². The molecule has 4 nitrogen and oxygen atoms in total. The smallest absolute Gasteiger partial charge is 0.138 e. The first-order chi connectivity index (χ1) is 8.13. The Kier molecular flexibility index (Phi) is 6.58. The normalized spacial score (nSPS) is 13.2. The van der Waals surface area contributed by atoms with E-state index in [2.05, 4.69) is 30.9 Å². The van der Waals surface area contributed by atoms with Gasteiger partial charge in [0.15, 0.2) is 0 Å². The summed E-state index contributed by atoms with van der Waals surface area (Å²) >= 11 is 1.86. The standard InChI is InChI=1S/C12H23N3OS/c1-4-17-6-5-11(16)7-12-13-9-14-15(12)8-10(2)3/h9-11,16H,4-8H2,1-3H3. The number of hydrogen-bond acceptors (Lipinski definition) is 4. The predicted molar refractivity (Wildman–Crippen MR) is 72.2 cm³/mol. The topological polar surface area (TPSA) is 50.9 Å². The molecule has 0 aliphatic rings. The van der Waals surface area contributed by atoms with Crippen LogP contribution in [0, 0.1) is 5.92 Å². The molecule has 0 aromatic carbocycles. The van der Waals surface area contributed by atoms with Crippen molar-refractivity contribution in [2.45, 2.75) is 46.3 Å². The number of aliphatic hydroxyl groups is 1. The third kappa shape index (κ3) is 5.55. The molecule has 0 spiro atoms. The summed E-state index contributed by atoms with van der Waals surface area (Å²) in [5, 5.41) is 14.1. The third-order valence-electron chi connectivity index (χ3n) is 2.45. The average molecular weight is 257 g/mol. The SMILES string of the molecule is CCSCCC(O)Cc1ncnn1CC(C)C. The summed E-state index contributed by atoms with van der Waals surface area (Å²) < 4.78 is 1.90. The fourth-order valence-electron chi connectivity index (χ4n) is 1.62. The molecule has 1 N–H and O–H groups in total. The highest BCUT2D eigenvalue weighted by atomic mass is 32.2. The van der Waals surface area contributed by atoms with E-state index in [4.69, 9.17) is 0 Å². The van der Waals surface area contributed by atoms with E-state index >= 15 is 0 Å². The molecule has 1 atom stereocenters. The van der Waals surface area contributed by atoms with E-state index in [1.165, 1.54) is 0 Å². The molecule has 0 saturated heterocycles. The summed E-state index contributed by atoms with van der Waals surface area (Å²) in [6, 6.07) is 0. The Bertz CT molecular complexity index is 314. The number of nitrogens with zero attached hydrogens (tertiary/aromatic N) is 3. The molecular formula is C12H23N3OS. The minimum atomic E-state index is -0.302. The van der Waals surface area contributed by atoms with Crippen LogP contribution in [0.4, 0.5) is 0 Å². The second kappa shape index (κ2) is 7.71. The van der Waals surface area contributed by atoms with Gasteiger partial charge in [0, 0.05) is 13.0 Å². The Hall–Kier alpha value is -0.550. The van der Waals surface area contributed by atoms with Crippen molar-refractivity contribution in [1.82, 2.24) is 14.8 Å². The van der Waals surface area contributed by atoms with Crippen molar-refractivity contribution in [1.29, 1.82) is 0 Å². The Morgan fingerprint density at radius 3 is 2.88 bits per heavy atom. The van der Waals surface area contributed by atoms with Crippen LogP contribution in [0.25, 0.3) is 0 Å². The van der Waals surface area contributed by atoms with Crippen molar-refractivity contribution in [3.8, 4) is 0 Å². The molecule has 1 aromatic rings. The molecule has 0 amide bonds. The number of aromatic nitrogens is 3. The zero-order valence-electron chi connectivity index (χ0n) is 11.0. The lowest BCUT2D eigenvalue weighted by atomic mass is 10.2. The Labute approximate surface area is 108 Å². The van der Waals surface area contributed by atoms with E-state index in [-0.39, 0.29) is 6.10 Å². The minimum absolute atomic E-state index is 0.302. The summed E-state index contributed by atoms with van der Waals surface area (Å²) in [4.78, 5) is 4.22. The molecule has 98 valence electrons. The van der Waals surface area contributed by atoms with Crippen LogP contribution in [-0.4, -0.2) is 37.5 Å². The second-order valence-electron chi connectivity index (χ2n) is 4.60. The highest BCUT2D eigenvalue weighted by Gasteiger charge is 2.11. The predicted octanol–water partition coefficient (Wildman–Crippen LogP) is 1.98. The van der Waals surface area contributed by atoms with Gasteiger partial charge in [0.1, 0.15) is 12.2 Å². The fraction of sp³-hybridized carbons (Fsp3) is 0.833. The van der Waals surface area contributed by atoms with Crippen LogP contribution in [0.1, 0.15) is 33.0 Å². The lowest BCUT2D eigenvalue weighted by Gasteiger charge is -2.12. The highest BCUT2D eigenvalue weighted by Crippen LogP contribution is 2.09. The summed E-state index contributed by atoms with van der Waals surface area (Å²) in [6.45, 7) is 7.31. The summed E-state index contributed by atoms with van der Waals surface area (Å²) in [7, 11) is 0. The molecule has 0 saturated carbocycles. The fourth-order valence-corrected chi connectivity index (χ4v) is 2.35. The minimum Gasteiger partial charge on any atom is -0.393 e. The van der Waals surface area contributed by atoms with Crippen LogP contribution >= 0.6 is 11.8 Å². The second-order valence-corrected chi connectivity index (χ2v) is 5.99. The maximum Gasteiger partial charge on any atom is 0.138 e. The largest absolute Gasteiger partial charge is 0.393 e. The molecule has 1 aromatic heterocycles. The van der Waals surface area contributed by atoms with Crippen molar-refractivity contribution in [2.24, 2.45) is 5.92 Å². The number of hydrogen-bond donors (Lipinski definition) is 1. The van der Waals surface area contributed by atoms with Gasteiger partial charge >= 0.3 is 0 Å². The quantitative estimate of drug-likeness (QED) is 0.724. The molecular weight excluding hydrogens is 234 g/mol. The van der Waals surface area contributed by atoms with Crippen LogP contribution in [-0.2, 0) is 13.0 Å². The third-order valence-corrected chi connectivity index (χ3v) is 3.38. The molecule has 1 unspecified atom stereocenters. The van der Waals surface area contributed by atoms with E-state index in [0.29, 0.717) is 12.3 Å². The van der Waals surface area contributed by atoms with E-state index in [9.17, 15) is 5.11 Å².